The summed E-state index contributed by atoms with van der Waals surface area (Å²) in [5, 5.41) is 0. The third kappa shape index (κ3) is 3.22. The first kappa shape index (κ1) is 19.3. The van der Waals surface area contributed by atoms with Crippen molar-refractivity contribution in [2.75, 3.05) is 31.2 Å². The summed E-state index contributed by atoms with van der Waals surface area (Å²) in [4.78, 5) is 15.6. The van der Waals surface area contributed by atoms with Crippen LogP contribution in [0.3, 0.4) is 0 Å². The van der Waals surface area contributed by atoms with E-state index < -0.39 is 0 Å². The van der Waals surface area contributed by atoms with Gasteiger partial charge in [0.1, 0.15) is 17.5 Å². The summed E-state index contributed by atoms with van der Waals surface area (Å²) in [7, 11) is 0. The van der Waals surface area contributed by atoms with Crippen molar-refractivity contribution in [3.8, 4) is 11.1 Å². The smallest absolute Gasteiger partial charge is 0.225 e. The average molecular weight is 433 g/mol. The first-order valence-electron chi connectivity index (χ1n) is 10.8. The molecule has 2 aliphatic heterocycles. The number of fused-ring (bicyclic) bond motifs is 3. The molecule has 6 rings (SSSR count). The number of rotatable bonds is 3. The number of halogens is 2. The molecule has 0 radical (unpaired) electrons. The summed E-state index contributed by atoms with van der Waals surface area (Å²) in [6, 6.07) is 9.93. The van der Waals surface area contributed by atoms with Crippen LogP contribution in [0.1, 0.15) is 23.9 Å². The largest absolute Gasteiger partial charge is 0.378 e. The van der Waals surface area contributed by atoms with E-state index >= 15 is 4.39 Å². The minimum atomic E-state index is -0.352. The van der Waals surface area contributed by atoms with E-state index in [1.165, 1.54) is 18.2 Å². The molecular formula is C24H21F2N5O. The highest BCUT2D eigenvalue weighted by Gasteiger charge is 2.28. The van der Waals surface area contributed by atoms with E-state index in [-0.39, 0.29) is 17.7 Å². The zero-order valence-corrected chi connectivity index (χ0v) is 17.3. The third-order valence-corrected chi connectivity index (χ3v) is 6.30. The predicted octanol–water partition coefficient (Wildman–Crippen LogP) is 4.14. The van der Waals surface area contributed by atoms with Crippen LogP contribution in [0.25, 0.3) is 22.2 Å². The van der Waals surface area contributed by atoms with Crippen LogP contribution in [0.15, 0.2) is 48.8 Å². The predicted molar refractivity (Wildman–Crippen MR) is 117 cm³/mol. The summed E-state index contributed by atoms with van der Waals surface area (Å²) in [6.07, 6.45) is 5.01. The molecule has 0 spiro atoms. The van der Waals surface area contributed by atoms with Gasteiger partial charge in [-0.15, -0.1) is 0 Å². The number of ether oxygens (including phenoxy) is 1. The van der Waals surface area contributed by atoms with Gasteiger partial charge in [-0.05, 0) is 30.2 Å². The van der Waals surface area contributed by atoms with Crippen LogP contribution < -0.4 is 4.90 Å². The number of imidazole rings is 1. The molecule has 1 fully saturated rings. The number of morpholine rings is 1. The van der Waals surface area contributed by atoms with Gasteiger partial charge in [0.15, 0.2) is 0 Å². The second-order valence-electron chi connectivity index (χ2n) is 8.20. The molecular weight excluding hydrogens is 412 g/mol. The molecule has 0 unspecified atom stereocenters. The van der Waals surface area contributed by atoms with Crippen LogP contribution in [0.2, 0.25) is 0 Å². The Labute approximate surface area is 183 Å². The Morgan fingerprint density at radius 2 is 1.72 bits per heavy atom. The molecule has 4 aromatic rings. The molecule has 2 aromatic heterocycles. The first-order valence-corrected chi connectivity index (χ1v) is 10.8. The maximum Gasteiger partial charge on any atom is 0.225 e. The van der Waals surface area contributed by atoms with Crippen molar-refractivity contribution >= 4 is 17.0 Å². The number of hydrogen-bond acceptors (Lipinski definition) is 5. The van der Waals surface area contributed by atoms with Gasteiger partial charge in [0.05, 0.1) is 30.3 Å². The lowest BCUT2D eigenvalue weighted by Gasteiger charge is -2.26. The molecule has 2 aromatic carbocycles. The fourth-order valence-electron chi connectivity index (χ4n) is 4.69. The lowest BCUT2D eigenvalue weighted by molar-refractivity contribution is 0.122. The third-order valence-electron chi connectivity index (χ3n) is 6.30. The summed E-state index contributed by atoms with van der Waals surface area (Å²) in [5.41, 5.74) is 3.57. The van der Waals surface area contributed by atoms with Crippen molar-refractivity contribution in [2.24, 2.45) is 0 Å². The van der Waals surface area contributed by atoms with E-state index in [9.17, 15) is 4.39 Å². The number of benzene rings is 2. The molecule has 4 heterocycles. The highest BCUT2D eigenvalue weighted by molar-refractivity contribution is 5.83. The molecule has 162 valence electrons. The minimum absolute atomic E-state index is 0.0499. The Hall–Kier alpha value is -3.39. The maximum atomic E-state index is 15.0. The van der Waals surface area contributed by atoms with E-state index in [1.807, 2.05) is 18.2 Å². The van der Waals surface area contributed by atoms with Crippen molar-refractivity contribution in [3.63, 3.8) is 0 Å². The first-order chi connectivity index (χ1) is 15.7. The molecule has 0 saturated carbocycles. The Morgan fingerprint density at radius 1 is 0.969 bits per heavy atom. The zero-order valence-electron chi connectivity index (χ0n) is 17.3. The quantitative estimate of drug-likeness (QED) is 0.486. The molecule has 0 N–H and O–H groups in total. The SMILES string of the molecule is Fc1ccc([C@H]2CCc3nc4cc(F)c(-c5cnc(N6CCOCC6)nc5)cc4n32)cc1. The number of anilines is 1. The summed E-state index contributed by atoms with van der Waals surface area (Å²) in [5.74, 6) is 0.938. The molecule has 1 saturated heterocycles. The van der Waals surface area contributed by atoms with E-state index in [4.69, 9.17) is 4.74 Å². The fraction of sp³-hybridized carbons (Fsp3) is 0.292. The van der Waals surface area contributed by atoms with Crippen molar-refractivity contribution in [1.82, 2.24) is 19.5 Å². The van der Waals surface area contributed by atoms with Gasteiger partial charge in [0.2, 0.25) is 5.95 Å². The Bertz CT molecular complexity index is 1280. The van der Waals surface area contributed by atoms with Gasteiger partial charge >= 0.3 is 0 Å². The molecule has 0 amide bonds. The van der Waals surface area contributed by atoms with E-state index in [0.29, 0.717) is 35.8 Å². The maximum absolute atomic E-state index is 15.0. The second kappa shape index (κ2) is 7.63. The van der Waals surface area contributed by atoms with Crippen LogP contribution in [-0.4, -0.2) is 45.8 Å². The Morgan fingerprint density at radius 3 is 2.47 bits per heavy atom. The lowest BCUT2D eigenvalue weighted by atomic mass is 10.0. The fourth-order valence-corrected chi connectivity index (χ4v) is 4.69. The highest BCUT2D eigenvalue weighted by Crippen LogP contribution is 2.37. The molecule has 6 nitrogen and oxygen atoms in total. The number of nitrogens with zero attached hydrogens (tertiary/aromatic N) is 5. The Kier molecular flexibility index (Phi) is 4.61. The summed E-state index contributed by atoms with van der Waals surface area (Å²) >= 11 is 0. The van der Waals surface area contributed by atoms with Crippen molar-refractivity contribution in [3.05, 3.63) is 71.8 Å². The van der Waals surface area contributed by atoms with Gasteiger partial charge in [-0.25, -0.2) is 23.7 Å². The van der Waals surface area contributed by atoms with Crippen LogP contribution in [0, 0.1) is 11.6 Å². The van der Waals surface area contributed by atoms with Crippen LogP contribution >= 0.6 is 0 Å². The van der Waals surface area contributed by atoms with Gasteiger partial charge in [-0.1, -0.05) is 12.1 Å². The molecule has 1 atom stereocenters. The van der Waals surface area contributed by atoms with Gasteiger partial charge in [0, 0.05) is 49.1 Å². The molecule has 2 aliphatic rings. The van der Waals surface area contributed by atoms with Crippen LogP contribution in [-0.2, 0) is 11.2 Å². The zero-order chi connectivity index (χ0) is 21.7. The van der Waals surface area contributed by atoms with E-state index in [2.05, 4.69) is 24.4 Å². The molecule has 32 heavy (non-hydrogen) atoms. The van der Waals surface area contributed by atoms with Crippen molar-refractivity contribution in [1.29, 1.82) is 0 Å². The number of aromatic nitrogens is 4. The van der Waals surface area contributed by atoms with Crippen LogP contribution in [0.4, 0.5) is 14.7 Å². The highest BCUT2D eigenvalue weighted by atomic mass is 19.1. The normalized spacial score (nSPS) is 18.3. The summed E-state index contributed by atoms with van der Waals surface area (Å²) in [6.45, 7) is 2.79. The average Bonchev–Trinajstić information content (AvgIpc) is 3.39. The number of aryl methyl sites for hydroxylation is 1. The molecule has 8 heteroatoms. The minimum Gasteiger partial charge on any atom is -0.378 e. The second-order valence-corrected chi connectivity index (χ2v) is 8.20. The van der Waals surface area contributed by atoms with Gasteiger partial charge in [-0.2, -0.15) is 0 Å². The van der Waals surface area contributed by atoms with Crippen LogP contribution in [0.5, 0.6) is 0 Å². The van der Waals surface area contributed by atoms with Crippen molar-refractivity contribution < 1.29 is 13.5 Å². The van der Waals surface area contributed by atoms with E-state index in [0.717, 1.165) is 42.8 Å². The van der Waals surface area contributed by atoms with Gasteiger partial charge in [-0.3, -0.25) is 0 Å². The van der Waals surface area contributed by atoms with Gasteiger partial charge in [0.25, 0.3) is 0 Å². The lowest BCUT2D eigenvalue weighted by Crippen LogP contribution is -2.37. The summed E-state index contributed by atoms with van der Waals surface area (Å²) < 4.78 is 35.9. The topological polar surface area (TPSA) is 56.1 Å². The monoisotopic (exact) mass is 433 g/mol. The number of hydrogen-bond donors (Lipinski definition) is 0. The standard InChI is InChI=1S/C24H21F2N5O/c25-17-3-1-15(2-4-17)21-5-6-23-29-20-12-19(26)18(11-22(20)31(21)23)16-13-27-24(28-14-16)30-7-9-32-10-8-30/h1-4,11-14,21H,5-10H2/t21-/m1/s1. The molecule has 0 aliphatic carbocycles. The van der Waals surface area contributed by atoms with E-state index in [1.54, 1.807) is 12.4 Å². The Balaban J connectivity index is 1.39. The molecule has 0 bridgehead atoms. The van der Waals surface area contributed by atoms with Gasteiger partial charge < -0.3 is 14.2 Å². The van der Waals surface area contributed by atoms with Crippen molar-refractivity contribution in [2.45, 2.75) is 18.9 Å².